The fraction of sp³-hybridized carbons (Fsp3) is 0.562. The monoisotopic (exact) mass is 319 g/mol. The van der Waals surface area contributed by atoms with Gasteiger partial charge in [0.15, 0.2) is 5.82 Å². The van der Waals surface area contributed by atoms with E-state index < -0.39 is 0 Å². The highest BCUT2D eigenvalue weighted by atomic mass is 32.1. The van der Waals surface area contributed by atoms with Crippen LogP contribution in [0.1, 0.15) is 55.5 Å². The minimum absolute atomic E-state index is 0.0654. The molecule has 0 bridgehead atoms. The summed E-state index contributed by atoms with van der Waals surface area (Å²) in [5.74, 6) is 1.46. The van der Waals surface area contributed by atoms with Crippen LogP contribution in [-0.2, 0) is 4.74 Å². The van der Waals surface area contributed by atoms with Crippen LogP contribution in [0.5, 0.6) is 0 Å². The van der Waals surface area contributed by atoms with Crippen molar-refractivity contribution in [1.29, 1.82) is 0 Å². The smallest absolute Gasteiger partial charge is 0.250 e. The van der Waals surface area contributed by atoms with Crippen LogP contribution in [0.3, 0.4) is 0 Å². The average molecular weight is 319 g/mol. The molecule has 2 aromatic rings. The molecule has 0 radical (unpaired) electrons. The molecule has 0 spiro atoms. The number of hydrogen-bond donors (Lipinski definition) is 0. The molecular formula is C16H21N3O2S. The molecule has 22 heavy (non-hydrogen) atoms. The van der Waals surface area contributed by atoms with Gasteiger partial charge in [0, 0.05) is 18.1 Å². The second-order valence-corrected chi connectivity index (χ2v) is 7.73. The van der Waals surface area contributed by atoms with E-state index in [4.69, 9.17) is 9.26 Å². The second kappa shape index (κ2) is 5.93. The van der Waals surface area contributed by atoms with E-state index in [2.05, 4.69) is 35.9 Å². The van der Waals surface area contributed by atoms with Crippen LogP contribution in [0.4, 0.5) is 0 Å². The van der Waals surface area contributed by atoms with Crippen molar-refractivity contribution < 1.29 is 9.26 Å². The molecular weight excluding hydrogens is 298 g/mol. The fourth-order valence-corrected chi connectivity index (χ4v) is 3.37. The molecule has 0 aromatic carbocycles. The molecule has 6 heteroatoms. The van der Waals surface area contributed by atoms with Crippen molar-refractivity contribution in [1.82, 2.24) is 15.1 Å². The molecule has 5 nitrogen and oxygen atoms in total. The van der Waals surface area contributed by atoms with E-state index in [1.807, 2.05) is 24.5 Å². The van der Waals surface area contributed by atoms with Crippen LogP contribution in [0.25, 0.3) is 12.2 Å². The maximum atomic E-state index is 5.88. The molecule has 118 valence electrons. The van der Waals surface area contributed by atoms with Gasteiger partial charge in [-0.3, -0.25) is 0 Å². The first kappa shape index (κ1) is 15.4. The molecule has 3 rings (SSSR count). The zero-order valence-corrected chi connectivity index (χ0v) is 14.2. The molecule has 0 saturated carbocycles. The Morgan fingerprint density at radius 3 is 2.77 bits per heavy atom. The Hall–Kier alpha value is -1.53. The highest BCUT2D eigenvalue weighted by Gasteiger charge is 2.40. The highest BCUT2D eigenvalue weighted by molar-refractivity contribution is 7.09. The predicted molar refractivity (Wildman–Crippen MR) is 86.6 cm³/mol. The Balaban J connectivity index is 1.75. The van der Waals surface area contributed by atoms with Gasteiger partial charge in [-0.1, -0.05) is 25.9 Å². The third-order valence-corrected chi connectivity index (χ3v) is 4.56. The Bertz CT molecular complexity index is 669. The fourth-order valence-electron chi connectivity index (χ4n) is 2.79. The van der Waals surface area contributed by atoms with Gasteiger partial charge in [-0.15, -0.1) is 11.3 Å². The minimum atomic E-state index is 0.0654. The molecule has 0 N–H and O–H groups in total. The van der Waals surface area contributed by atoms with Crippen LogP contribution in [0.15, 0.2) is 9.90 Å². The van der Waals surface area contributed by atoms with E-state index in [0.717, 1.165) is 29.6 Å². The Morgan fingerprint density at radius 2 is 2.09 bits per heavy atom. The van der Waals surface area contributed by atoms with Gasteiger partial charge in [0.2, 0.25) is 0 Å². The van der Waals surface area contributed by atoms with Gasteiger partial charge in [-0.2, -0.15) is 4.98 Å². The quantitative estimate of drug-likeness (QED) is 0.858. The number of ether oxygens (including phenoxy) is 1. The Kier molecular flexibility index (Phi) is 4.14. The topological polar surface area (TPSA) is 61.0 Å². The molecule has 2 aromatic heterocycles. The van der Waals surface area contributed by atoms with Crippen LogP contribution in [0, 0.1) is 12.3 Å². The van der Waals surface area contributed by atoms with Crippen molar-refractivity contribution >= 4 is 23.5 Å². The Morgan fingerprint density at radius 1 is 1.27 bits per heavy atom. The molecule has 2 atom stereocenters. The number of hydrogen-bond acceptors (Lipinski definition) is 6. The molecule has 1 aliphatic heterocycles. The Labute approximate surface area is 134 Å². The van der Waals surface area contributed by atoms with E-state index in [9.17, 15) is 0 Å². The molecule has 0 unspecified atom stereocenters. The van der Waals surface area contributed by atoms with Crippen molar-refractivity contribution in [3.05, 3.63) is 27.8 Å². The summed E-state index contributed by atoms with van der Waals surface area (Å²) in [5, 5.41) is 7.19. The molecule has 1 fully saturated rings. The number of thiazole rings is 1. The summed E-state index contributed by atoms with van der Waals surface area (Å²) < 4.78 is 11.2. The van der Waals surface area contributed by atoms with E-state index in [0.29, 0.717) is 5.89 Å². The van der Waals surface area contributed by atoms with Crippen LogP contribution in [-0.4, -0.2) is 27.8 Å². The maximum absolute atomic E-state index is 5.88. The molecule has 0 amide bonds. The summed E-state index contributed by atoms with van der Waals surface area (Å²) in [5.41, 5.74) is 0.981. The first-order valence-corrected chi connectivity index (χ1v) is 8.37. The number of rotatable bonds is 3. The third kappa shape index (κ3) is 3.28. The highest BCUT2D eigenvalue weighted by Crippen LogP contribution is 2.39. The summed E-state index contributed by atoms with van der Waals surface area (Å²) in [4.78, 5) is 8.89. The van der Waals surface area contributed by atoms with Gasteiger partial charge in [-0.05, 0) is 24.8 Å². The average Bonchev–Trinajstić information content (AvgIpc) is 3.15. The van der Waals surface area contributed by atoms with Crippen LogP contribution in [0.2, 0.25) is 0 Å². The van der Waals surface area contributed by atoms with Gasteiger partial charge in [0.25, 0.3) is 5.89 Å². The lowest BCUT2D eigenvalue weighted by Gasteiger charge is -2.29. The lowest BCUT2D eigenvalue weighted by atomic mass is 9.81. The summed E-state index contributed by atoms with van der Waals surface area (Å²) in [6, 6.07) is 0. The van der Waals surface area contributed by atoms with Gasteiger partial charge >= 0.3 is 0 Å². The van der Waals surface area contributed by atoms with Crippen molar-refractivity contribution in [2.45, 2.75) is 46.1 Å². The van der Waals surface area contributed by atoms with E-state index in [1.165, 1.54) is 0 Å². The standard InChI is InChI=1S/C16H21N3O2S/c1-10-17-11(9-22-10)5-6-13-18-15(19-21-13)12-7-8-20-14(12)16(2,3)4/h5-6,9,12,14H,7-8H2,1-4H3/b6-5+/t12-,14-/m0/s1. The lowest BCUT2D eigenvalue weighted by Crippen LogP contribution is -2.30. The minimum Gasteiger partial charge on any atom is -0.377 e. The SMILES string of the molecule is Cc1nc(/C=C/c2nc([C@H]3CCO[C@@H]3C(C)(C)C)no2)cs1. The summed E-state index contributed by atoms with van der Waals surface area (Å²) in [6.45, 7) is 9.29. The van der Waals surface area contributed by atoms with Crippen molar-refractivity contribution in [3.8, 4) is 0 Å². The van der Waals surface area contributed by atoms with Gasteiger partial charge in [0.1, 0.15) is 0 Å². The summed E-state index contributed by atoms with van der Waals surface area (Å²) in [6.07, 6.45) is 4.78. The largest absolute Gasteiger partial charge is 0.377 e. The maximum Gasteiger partial charge on any atom is 0.250 e. The molecule has 1 aliphatic rings. The zero-order valence-electron chi connectivity index (χ0n) is 13.4. The van der Waals surface area contributed by atoms with Crippen molar-refractivity contribution in [2.75, 3.05) is 6.61 Å². The van der Waals surface area contributed by atoms with Crippen LogP contribution >= 0.6 is 11.3 Å². The normalized spacial score (nSPS) is 22.7. The number of nitrogens with zero attached hydrogens (tertiary/aromatic N) is 3. The summed E-state index contributed by atoms with van der Waals surface area (Å²) >= 11 is 1.62. The first-order chi connectivity index (χ1) is 10.4. The van der Waals surface area contributed by atoms with E-state index >= 15 is 0 Å². The van der Waals surface area contributed by atoms with E-state index in [-0.39, 0.29) is 17.4 Å². The number of aryl methyl sites for hydroxylation is 1. The van der Waals surface area contributed by atoms with Crippen molar-refractivity contribution in [2.24, 2.45) is 5.41 Å². The zero-order chi connectivity index (χ0) is 15.7. The number of aromatic nitrogens is 3. The lowest BCUT2D eigenvalue weighted by molar-refractivity contribution is 0.0193. The molecule has 0 aliphatic carbocycles. The molecule has 1 saturated heterocycles. The third-order valence-electron chi connectivity index (χ3n) is 3.77. The first-order valence-electron chi connectivity index (χ1n) is 7.49. The second-order valence-electron chi connectivity index (χ2n) is 6.67. The summed E-state index contributed by atoms with van der Waals surface area (Å²) in [7, 11) is 0. The van der Waals surface area contributed by atoms with Crippen LogP contribution < -0.4 is 0 Å². The van der Waals surface area contributed by atoms with Crippen molar-refractivity contribution in [3.63, 3.8) is 0 Å². The van der Waals surface area contributed by atoms with Gasteiger partial charge in [-0.25, -0.2) is 4.98 Å². The molecule has 3 heterocycles. The predicted octanol–water partition coefficient (Wildman–Crippen LogP) is 3.92. The van der Waals surface area contributed by atoms with Gasteiger partial charge < -0.3 is 9.26 Å². The van der Waals surface area contributed by atoms with E-state index in [1.54, 1.807) is 11.3 Å². The van der Waals surface area contributed by atoms with Gasteiger partial charge in [0.05, 0.1) is 22.7 Å².